The fourth-order valence-electron chi connectivity index (χ4n) is 3.50. The first-order chi connectivity index (χ1) is 14.2. The lowest BCUT2D eigenvalue weighted by Crippen LogP contribution is -2.24. The van der Waals surface area contributed by atoms with Gasteiger partial charge in [0.1, 0.15) is 5.82 Å². The molecular formula is C22H24N6O. The molecule has 3 aromatic rings. The minimum Gasteiger partial charge on any atom is -0.399 e. The van der Waals surface area contributed by atoms with Gasteiger partial charge in [-0.2, -0.15) is 4.98 Å². The first-order valence-corrected chi connectivity index (χ1v) is 9.90. The fraction of sp³-hybridized carbons (Fsp3) is 0.273. The number of benzene rings is 1. The van der Waals surface area contributed by atoms with Crippen molar-refractivity contribution in [3.05, 3.63) is 60.4 Å². The Morgan fingerprint density at radius 2 is 1.69 bits per heavy atom. The summed E-state index contributed by atoms with van der Waals surface area (Å²) >= 11 is 0. The van der Waals surface area contributed by atoms with Gasteiger partial charge in [-0.3, -0.25) is 9.78 Å². The summed E-state index contributed by atoms with van der Waals surface area (Å²) in [5.41, 5.74) is 8.48. The van der Waals surface area contributed by atoms with Crippen molar-refractivity contribution in [2.45, 2.75) is 38.1 Å². The number of nitrogen functional groups attached to an aromatic ring is 1. The smallest absolute Gasteiger partial charge is 0.256 e. The van der Waals surface area contributed by atoms with Crippen molar-refractivity contribution in [3.8, 4) is 11.3 Å². The Hall–Kier alpha value is -3.48. The molecule has 0 atom stereocenters. The zero-order chi connectivity index (χ0) is 20.1. The van der Waals surface area contributed by atoms with Crippen LogP contribution in [0.5, 0.6) is 0 Å². The highest BCUT2D eigenvalue weighted by atomic mass is 16.1. The summed E-state index contributed by atoms with van der Waals surface area (Å²) in [5.74, 6) is 0.735. The molecule has 0 radical (unpaired) electrons. The molecule has 1 aliphatic carbocycles. The summed E-state index contributed by atoms with van der Waals surface area (Å²) in [4.78, 5) is 25.9. The van der Waals surface area contributed by atoms with Crippen molar-refractivity contribution >= 4 is 23.4 Å². The first-order valence-electron chi connectivity index (χ1n) is 9.90. The summed E-state index contributed by atoms with van der Waals surface area (Å²) in [5, 5.41) is 6.33. The summed E-state index contributed by atoms with van der Waals surface area (Å²) in [6.45, 7) is 0. The van der Waals surface area contributed by atoms with Crippen LogP contribution in [0.1, 0.15) is 42.5 Å². The maximum absolute atomic E-state index is 12.6. The Morgan fingerprint density at radius 1 is 0.966 bits per heavy atom. The van der Waals surface area contributed by atoms with Gasteiger partial charge in [-0.1, -0.05) is 19.3 Å². The molecule has 7 heteroatoms. The molecule has 1 saturated carbocycles. The van der Waals surface area contributed by atoms with Crippen molar-refractivity contribution in [2.75, 3.05) is 16.4 Å². The number of hydrogen-bond acceptors (Lipinski definition) is 6. The average molecular weight is 388 g/mol. The summed E-state index contributed by atoms with van der Waals surface area (Å²) in [7, 11) is 0. The number of nitrogens with one attached hydrogen (secondary N) is 2. The summed E-state index contributed by atoms with van der Waals surface area (Å²) in [6, 6.07) is 12.7. The van der Waals surface area contributed by atoms with E-state index < -0.39 is 0 Å². The van der Waals surface area contributed by atoms with Gasteiger partial charge in [-0.05, 0) is 49.2 Å². The second kappa shape index (κ2) is 8.68. The molecule has 7 nitrogen and oxygen atoms in total. The van der Waals surface area contributed by atoms with Gasteiger partial charge in [0.2, 0.25) is 5.95 Å². The van der Waals surface area contributed by atoms with Crippen LogP contribution >= 0.6 is 0 Å². The molecule has 0 aliphatic heterocycles. The number of carbonyl (C=O) groups excluding carboxylic acids is 1. The molecule has 4 N–H and O–H groups in total. The van der Waals surface area contributed by atoms with E-state index in [-0.39, 0.29) is 5.91 Å². The standard InChI is InChI=1S/C22H24N6O/c23-17-8-6-16(7-9-17)21(29)27-20-14-19(15-10-12-24-13-11-15)26-22(28-20)25-18-4-2-1-3-5-18/h6-14,18H,1-5,23H2,(H2,25,26,27,28,29). The van der Waals surface area contributed by atoms with Crippen molar-refractivity contribution in [1.29, 1.82) is 0 Å². The second-order valence-corrected chi connectivity index (χ2v) is 7.25. The molecule has 1 aliphatic rings. The lowest BCUT2D eigenvalue weighted by molar-refractivity contribution is 0.102. The van der Waals surface area contributed by atoms with E-state index in [1.807, 2.05) is 12.1 Å². The van der Waals surface area contributed by atoms with Crippen molar-refractivity contribution in [1.82, 2.24) is 15.0 Å². The monoisotopic (exact) mass is 388 g/mol. The van der Waals surface area contributed by atoms with Gasteiger partial charge < -0.3 is 16.4 Å². The van der Waals surface area contributed by atoms with Crippen LogP contribution in [0.2, 0.25) is 0 Å². The van der Waals surface area contributed by atoms with Crippen LogP contribution in [-0.4, -0.2) is 26.9 Å². The number of pyridine rings is 1. The van der Waals surface area contributed by atoms with E-state index in [1.165, 1.54) is 19.3 Å². The van der Waals surface area contributed by atoms with Crippen LogP contribution in [0.15, 0.2) is 54.9 Å². The van der Waals surface area contributed by atoms with Gasteiger partial charge in [0.25, 0.3) is 5.91 Å². The highest BCUT2D eigenvalue weighted by Crippen LogP contribution is 2.24. The number of rotatable bonds is 5. The third kappa shape index (κ3) is 4.87. The van der Waals surface area contributed by atoms with Gasteiger partial charge >= 0.3 is 0 Å². The molecule has 1 fully saturated rings. The molecule has 148 valence electrons. The molecule has 2 heterocycles. The molecule has 0 spiro atoms. The van der Waals surface area contributed by atoms with E-state index >= 15 is 0 Å². The van der Waals surface area contributed by atoms with E-state index in [9.17, 15) is 4.79 Å². The van der Waals surface area contributed by atoms with Crippen molar-refractivity contribution in [3.63, 3.8) is 0 Å². The largest absolute Gasteiger partial charge is 0.399 e. The highest BCUT2D eigenvalue weighted by molar-refractivity contribution is 6.04. The van der Waals surface area contributed by atoms with Gasteiger partial charge in [-0.25, -0.2) is 4.98 Å². The average Bonchev–Trinajstić information content (AvgIpc) is 2.75. The maximum Gasteiger partial charge on any atom is 0.256 e. The fourth-order valence-corrected chi connectivity index (χ4v) is 3.50. The quantitative estimate of drug-likeness (QED) is 0.568. The highest BCUT2D eigenvalue weighted by Gasteiger charge is 2.16. The number of anilines is 3. The summed E-state index contributed by atoms with van der Waals surface area (Å²) in [6.07, 6.45) is 9.35. The van der Waals surface area contributed by atoms with Crippen LogP contribution < -0.4 is 16.4 Å². The zero-order valence-electron chi connectivity index (χ0n) is 16.1. The normalized spacial score (nSPS) is 14.3. The molecule has 0 saturated heterocycles. The molecule has 4 rings (SSSR count). The molecule has 1 aromatic carbocycles. The minimum absolute atomic E-state index is 0.243. The van der Waals surface area contributed by atoms with E-state index in [0.29, 0.717) is 29.1 Å². The lowest BCUT2D eigenvalue weighted by Gasteiger charge is -2.23. The molecular weight excluding hydrogens is 364 g/mol. The molecule has 29 heavy (non-hydrogen) atoms. The molecule has 0 unspecified atom stereocenters. The van der Waals surface area contributed by atoms with E-state index in [4.69, 9.17) is 5.73 Å². The number of carbonyl (C=O) groups is 1. The Kier molecular flexibility index (Phi) is 5.65. The lowest BCUT2D eigenvalue weighted by atomic mass is 9.96. The second-order valence-electron chi connectivity index (χ2n) is 7.25. The number of hydrogen-bond donors (Lipinski definition) is 3. The van der Waals surface area contributed by atoms with Gasteiger partial charge in [-0.15, -0.1) is 0 Å². The van der Waals surface area contributed by atoms with Crippen LogP contribution in [0.25, 0.3) is 11.3 Å². The van der Waals surface area contributed by atoms with E-state index in [1.54, 1.807) is 42.7 Å². The third-order valence-electron chi connectivity index (χ3n) is 5.06. The first kappa shape index (κ1) is 18.9. The Bertz CT molecular complexity index is 968. The van der Waals surface area contributed by atoms with Crippen LogP contribution in [-0.2, 0) is 0 Å². The predicted octanol–water partition coefficient (Wildman–Crippen LogP) is 4.12. The van der Waals surface area contributed by atoms with Gasteiger partial charge in [0.05, 0.1) is 5.69 Å². The van der Waals surface area contributed by atoms with Gasteiger partial charge in [0, 0.05) is 41.3 Å². The topological polar surface area (TPSA) is 106 Å². The Labute approximate surface area is 169 Å². The molecule has 1 amide bonds. The zero-order valence-corrected chi connectivity index (χ0v) is 16.1. The Morgan fingerprint density at radius 3 is 2.41 bits per heavy atom. The Balaban J connectivity index is 1.61. The molecule has 2 aromatic heterocycles. The van der Waals surface area contributed by atoms with Crippen molar-refractivity contribution < 1.29 is 4.79 Å². The van der Waals surface area contributed by atoms with Crippen molar-refractivity contribution in [2.24, 2.45) is 0 Å². The van der Waals surface area contributed by atoms with Crippen LogP contribution in [0, 0.1) is 0 Å². The number of nitrogens with two attached hydrogens (primary N) is 1. The SMILES string of the molecule is Nc1ccc(C(=O)Nc2cc(-c3ccncc3)nc(NC3CCCCC3)n2)cc1. The van der Waals surface area contributed by atoms with Gasteiger partial charge in [0.15, 0.2) is 0 Å². The third-order valence-corrected chi connectivity index (χ3v) is 5.06. The van der Waals surface area contributed by atoms with E-state index in [2.05, 4.69) is 25.6 Å². The number of nitrogens with zero attached hydrogens (tertiary/aromatic N) is 3. The molecule has 0 bridgehead atoms. The number of aromatic nitrogens is 3. The van der Waals surface area contributed by atoms with Crippen LogP contribution in [0.4, 0.5) is 17.5 Å². The number of amides is 1. The minimum atomic E-state index is -0.243. The van der Waals surface area contributed by atoms with E-state index in [0.717, 1.165) is 24.1 Å². The predicted molar refractivity (Wildman–Crippen MR) is 115 cm³/mol. The maximum atomic E-state index is 12.6. The van der Waals surface area contributed by atoms with Crippen LogP contribution in [0.3, 0.4) is 0 Å². The summed E-state index contributed by atoms with van der Waals surface area (Å²) < 4.78 is 0.